The molecule has 0 heterocycles. The second-order valence-corrected chi connectivity index (χ2v) is 4.54. The maximum Gasteiger partial charge on any atom is 0.137 e. The molecule has 1 unspecified atom stereocenters. The first-order valence-electron chi connectivity index (χ1n) is 5.13. The van der Waals surface area contributed by atoms with Gasteiger partial charge in [-0.3, -0.25) is 0 Å². The Morgan fingerprint density at radius 2 is 2.07 bits per heavy atom. The number of halogens is 1. The van der Waals surface area contributed by atoms with E-state index in [-0.39, 0.29) is 6.04 Å². The van der Waals surface area contributed by atoms with Crippen molar-refractivity contribution in [2.75, 3.05) is 7.11 Å². The van der Waals surface area contributed by atoms with Gasteiger partial charge in [0.1, 0.15) is 5.75 Å². The fourth-order valence-corrected chi connectivity index (χ4v) is 1.82. The fraction of sp³-hybridized carbons (Fsp3) is 0.500. The van der Waals surface area contributed by atoms with E-state index in [0.29, 0.717) is 16.7 Å². The van der Waals surface area contributed by atoms with Gasteiger partial charge in [-0.25, -0.2) is 0 Å². The van der Waals surface area contributed by atoms with E-state index in [9.17, 15) is 0 Å². The molecule has 0 aliphatic heterocycles. The Labute approximate surface area is 96.4 Å². The summed E-state index contributed by atoms with van der Waals surface area (Å²) in [4.78, 5) is 0. The van der Waals surface area contributed by atoms with Crippen LogP contribution in [0.3, 0.4) is 0 Å². The molecule has 0 radical (unpaired) electrons. The van der Waals surface area contributed by atoms with Gasteiger partial charge in [0.05, 0.1) is 12.1 Å². The van der Waals surface area contributed by atoms with Crippen molar-refractivity contribution in [3.8, 4) is 5.75 Å². The van der Waals surface area contributed by atoms with Gasteiger partial charge >= 0.3 is 0 Å². The van der Waals surface area contributed by atoms with Gasteiger partial charge in [0, 0.05) is 6.04 Å². The number of rotatable bonds is 4. The molecule has 15 heavy (non-hydrogen) atoms. The summed E-state index contributed by atoms with van der Waals surface area (Å²) in [6.07, 6.45) is 0.961. The summed E-state index contributed by atoms with van der Waals surface area (Å²) in [5.74, 6) is 1.28. The van der Waals surface area contributed by atoms with Gasteiger partial charge in [0.25, 0.3) is 0 Å². The zero-order valence-electron chi connectivity index (χ0n) is 9.46. The highest BCUT2D eigenvalue weighted by atomic mass is 35.5. The average molecular weight is 228 g/mol. The third-order valence-electron chi connectivity index (χ3n) is 2.33. The summed E-state index contributed by atoms with van der Waals surface area (Å²) < 4.78 is 5.09. The van der Waals surface area contributed by atoms with Gasteiger partial charge in [0.15, 0.2) is 0 Å². The summed E-state index contributed by atoms with van der Waals surface area (Å²) in [5.41, 5.74) is 7.12. The van der Waals surface area contributed by atoms with Gasteiger partial charge in [-0.15, -0.1) is 0 Å². The molecule has 1 aromatic carbocycles. The number of methoxy groups -OCH3 is 1. The van der Waals surface area contributed by atoms with Crippen LogP contribution < -0.4 is 10.5 Å². The first-order chi connectivity index (χ1) is 7.04. The Morgan fingerprint density at radius 3 is 2.53 bits per heavy atom. The van der Waals surface area contributed by atoms with Gasteiger partial charge in [-0.1, -0.05) is 31.5 Å². The molecule has 1 aromatic rings. The molecular weight excluding hydrogens is 210 g/mol. The van der Waals surface area contributed by atoms with E-state index >= 15 is 0 Å². The summed E-state index contributed by atoms with van der Waals surface area (Å²) in [7, 11) is 1.61. The fourth-order valence-electron chi connectivity index (χ4n) is 1.56. The van der Waals surface area contributed by atoms with E-state index < -0.39 is 0 Å². The number of nitrogens with two attached hydrogens (primary N) is 1. The van der Waals surface area contributed by atoms with E-state index in [1.807, 2.05) is 18.2 Å². The van der Waals surface area contributed by atoms with E-state index in [2.05, 4.69) is 13.8 Å². The minimum Gasteiger partial charge on any atom is -0.495 e. The molecular formula is C12H18ClNO. The summed E-state index contributed by atoms with van der Waals surface area (Å²) in [6.45, 7) is 4.32. The lowest BCUT2D eigenvalue weighted by Crippen LogP contribution is -2.12. The Balaban J connectivity index is 2.82. The molecule has 1 rings (SSSR count). The van der Waals surface area contributed by atoms with Gasteiger partial charge in [0.2, 0.25) is 0 Å². The van der Waals surface area contributed by atoms with Crippen LogP contribution in [0.25, 0.3) is 0 Å². The third-order valence-corrected chi connectivity index (χ3v) is 2.62. The average Bonchev–Trinajstić information content (AvgIpc) is 2.16. The van der Waals surface area contributed by atoms with Crippen molar-refractivity contribution in [1.82, 2.24) is 0 Å². The molecule has 0 aromatic heterocycles. The van der Waals surface area contributed by atoms with E-state index in [0.717, 1.165) is 12.0 Å². The molecule has 0 saturated heterocycles. The van der Waals surface area contributed by atoms with E-state index in [1.165, 1.54) is 0 Å². The standard InChI is InChI=1S/C12H18ClNO/c1-8(2)6-11(14)9-4-5-12(15-3)10(13)7-9/h4-5,7-8,11H,6,14H2,1-3H3. The highest BCUT2D eigenvalue weighted by Crippen LogP contribution is 2.28. The lowest BCUT2D eigenvalue weighted by Gasteiger charge is -2.15. The van der Waals surface area contributed by atoms with Gasteiger partial charge in [-0.2, -0.15) is 0 Å². The quantitative estimate of drug-likeness (QED) is 0.856. The minimum absolute atomic E-state index is 0.0495. The summed E-state index contributed by atoms with van der Waals surface area (Å²) >= 11 is 6.03. The molecule has 2 N–H and O–H groups in total. The Kier molecular flexibility index (Phi) is 4.43. The highest BCUT2D eigenvalue weighted by molar-refractivity contribution is 6.32. The van der Waals surface area contributed by atoms with Crippen molar-refractivity contribution in [1.29, 1.82) is 0 Å². The van der Waals surface area contributed by atoms with Crippen LogP contribution in [0.4, 0.5) is 0 Å². The maximum atomic E-state index is 6.06. The van der Waals surface area contributed by atoms with Gasteiger partial charge < -0.3 is 10.5 Å². The molecule has 0 fully saturated rings. The molecule has 1 atom stereocenters. The van der Waals surface area contributed by atoms with Crippen molar-refractivity contribution < 1.29 is 4.74 Å². The topological polar surface area (TPSA) is 35.2 Å². The van der Waals surface area contributed by atoms with Gasteiger partial charge in [-0.05, 0) is 30.0 Å². The predicted octanol–water partition coefficient (Wildman–Crippen LogP) is 3.39. The molecule has 2 nitrogen and oxygen atoms in total. The second kappa shape index (κ2) is 5.38. The maximum absolute atomic E-state index is 6.06. The van der Waals surface area contributed by atoms with Crippen LogP contribution in [0.15, 0.2) is 18.2 Å². The van der Waals surface area contributed by atoms with Crippen LogP contribution in [0.1, 0.15) is 31.9 Å². The monoisotopic (exact) mass is 227 g/mol. The van der Waals surface area contributed by atoms with Crippen molar-refractivity contribution in [2.24, 2.45) is 11.7 Å². The lowest BCUT2D eigenvalue weighted by molar-refractivity contribution is 0.414. The number of hydrogen-bond acceptors (Lipinski definition) is 2. The Hall–Kier alpha value is -0.730. The van der Waals surface area contributed by atoms with Crippen molar-refractivity contribution in [3.05, 3.63) is 28.8 Å². The smallest absolute Gasteiger partial charge is 0.137 e. The highest BCUT2D eigenvalue weighted by Gasteiger charge is 2.10. The van der Waals surface area contributed by atoms with E-state index in [1.54, 1.807) is 7.11 Å². The minimum atomic E-state index is 0.0495. The molecule has 0 aliphatic carbocycles. The second-order valence-electron chi connectivity index (χ2n) is 4.13. The normalized spacial score (nSPS) is 12.9. The molecule has 0 bridgehead atoms. The molecule has 3 heteroatoms. The number of benzene rings is 1. The van der Waals surface area contributed by atoms with Crippen LogP contribution in [0.2, 0.25) is 5.02 Å². The van der Waals surface area contributed by atoms with Crippen molar-refractivity contribution in [2.45, 2.75) is 26.3 Å². The van der Waals surface area contributed by atoms with Crippen molar-refractivity contribution in [3.63, 3.8) is 0 Å². The number of hydrogen-bond donors (Lipinski definition) is 1. The lowest BCUT2D eigenvalue weighted by atomic mass is 9.98. The Bertz CT molecular complexity index is 325. The van der Waals surface area contributed by atoms with Crippen LogP contribution in [-0.4, -0.2) is 7.11 Å². The van der Waals surface area contributed by atoms with Crippen LogP contribution >= 0.6 is 11.6 Å². The van der Waals surface area contributed by atoms with Crippen LogP contribution in [0, 0.1) is 5.92 Å². The molecule has 84 valence electrons. The summed E-state index contributed by atoms with van der Waals surface area (Å²) in [6, 6.07) is 5.76. The van der Waals surface area contributed by atoms with Crippen LogP contribution in [-0.2, 0) is 0 Å². The molecule has 0 aliphatic rings. The first kappa shape index (κ1) is 12.3. The van der Waals surface area contributed by atoms with Crippen LogP contribution in [0.5, 0.6) is 5.75 Å². The zero-order chi connectivity index (χ0) is 11.4. The number of ether oxygens (including phenoxy) is 1. The molecule has 0 spiro atoms. The third kappa shape index (κ3) is 3.40. The molecule has 0 saturated carbocycles. The first-order valence-corrected chi connectivity index (χ1v) is 5.51. The Morgan fingerprint density at radius 1 is 1.40 bits per heavy atom. The SMILES string of the molecule is COc1ccc(C(N)CC(C)C)cc1Cl. The van der Waals surface area contributed by atoms with Crippen molar-refractivity contribution >= 4 is 11.6 Å². The zero-order valence-corrected chi connectivity index (χ0v) is 10.2. The largest absolute Gasteiger partial charge is 0.495 e. The summed E-state index contributed by atoms with van der Waals surface area (Å²) in [5, 5.41) is 0.620. The predicted molar refractivity (Wildman–Crippen MR) is 64.4 cm³/mol. The molecule has 0 amide bonds. The van der Waals surface area contributed by atoms with E-state index in [4.69, 9.17) is 22.1 Å².